The third-order valence-corrected chi connectivity index (χ3v) is 4.24. The highest BCUT2D eigenvalue weighted by molar-refractivity contribution is 5.93. The van der Waals surface area contributed by atoms with E-state index >= 15 is 0 Å². The maximum absolute atomic E-state index is 12.6. The summed E-state index contributed by atoms with van der Waals surface area (Å²) in [5.74, 6) is -0.315. The molecule has 120 valence electrons. The first-order chi connectivity index (χ1) is 11.7. The highest BCUT2D eigenvalue weighted by Gasteiger charge is 2.32. The highest BCUT2D eigenvalue weighted by atomic mass is 16.3. The molecule has 0 saturated heterocycles. The fourth-order valence-corrected chi connectivity index (χ4v) is 3.07. The molecule has 0 aliphatic heterocycles. The van der Waals surface area contributed by atoms with E-state index in [-0.39, 0.29) is 5.91 Å². The van der Waals surface area contributed by atoms with Crippen molar-refractivity contribution in [1.29, 1.82) is 0 Å². The third-order valence-electron chi connectivity index (χ3n) is 4.24. The zero-order valence-corrected chi connectivity index (χ0v) is 12.8. The molecule has 1 aromatic carbocycles. The van der Waals surface area contributed by atoms with Crippen molar-refractivity contribution in [2.75, 3.05) is 0 Å². The summed E-state index contributed by atoms with van der Waals surface area (Å²) in [7, 11) is 0. The number of hydrogen-bond donors (Lipinski definition) is 2. The smallest absolute Gasteiger partial charge is 0.270 e. The number of pyridine rings is 1. The first-order valence-electron chi connectivity index (χ1n) is 7.75. The summed E-state index contributed by atoms with van der Waals surface area (Å²) in [6, 6.07) is 12.6. The summed E-state index contributed by atoms with van der Waals surface area (Å²) in [4.78, 5) is 16.7. The minimum absolute atomic E-state index is 0.291. The summed E-state index contributed by atoms with van der Waals surface area (Å²) < 4.78 is 1.66. The van der Waals surface area contributed by atoms with Crippen LogP contribution in [-0.2, 0) is 6.42 Å². The predicted octanol–water partition coefficient (Wildman–Crippen LogP) is 1.66. The summed E-state index contributed by atoms with van der Waals surface area (Å²) in [5.41, 5.74) is 3.07. The number of aliphatic hydroxyl groups is 1. The Kier molecular flexibility index (Phi) is 3.59. The Morgan fingerprint density at radius 3 is 2.92 bits per heavy atom. The van der Waals surface area contributed by atoms with Gasteiger partial charge in [-0.15, -0.1) is 0 Å². The molecule has 2 aromatic heterocycles. The second kappa shape index (κ2) is 5.90. The molecular formula is C18H16N4O2. The first-order valence-corrected chi connectivity index (χ1v) is 7.75. The fraction of sp³-hybridized carbons (Fsp3) is 0.167. The summed E-state index contributed by atoms with van der Waals surface area (Å²) in [6.45, 7) is 0. The standard InChI is InChI=1S/C18H16N4O2/c23-16-10-12-4-1-2-5-14(12)17(16)21-18(24)15-11-13(6-8-19-15)22-9-3-7-20-22/h1-9,11,16-17,23H,10H2,(H,21,24)/t16-,17+/m1/s1. The quantitative estimate of drug-likeness (QED) is 0.769. The van der Waals surface area contributed by atoms with Crippen molar-refractivity contribution < 1.29 is 9.90 Å². The van der Waals surface area contributed by atoms with Crippen LogP contribution in [0.25, 0.3) is 5.69 Å². The molecule has 0 fully saturated rings. The topological polar surface area (TPSA) is 80.0 Å². The van der Waals surface area contributed by atoms with E-state index in [1.165, 1.54) is 0 Å². The van der Waals surface area contributed by atoms with Gasteiger partial charge >= 0.3 is 0 Å². The van der Waals surface area contributed by atoms with Crippen molar-refractivity contribution in [2.24, 2.45) is 0 Å². The number of hydrogen-bond acceptors (Lipinski definition) is 4. The molecule has 2 N–H and O–H groups in total. The van der Waals surface area contributed by atoms with Crippen molar-refractivity contribution in [3.8, 4) is 5.69 Å². The van der Waals surface area contributed by atoms with E-state index in [2.05, 4.69) is 15.4 Å². The number of nitrogens with one attached hydrogen (secondary N) is 1. The van der Waals surface area contributed by atoms with Crippen LogP contribution in [0.2, 0.25) is 0 Å². The van der Waals surface area contributed by atoms with Gasteiger partial charge in [0.25, 0.3) is 5.91 Å². The summed E-state index contributed by atoms with van der Waals surface area (Å²) >= 11 is 0. The molecule has 0 unspecified atom stereocenters. The van der Waals surface area contributed by atoms with Crippen LogP contribution >= 0.6 is 0 Å². The molecule has 6 heteroatoms. The first kappa shape index (κ1) is 14.6. The molecule has 1 aliphatic rings. The molecule has 0 radical (unpaired) electrons. The number of benzene rings is 1. The lowest BCUT2D eigenvalue weighted by molar-refractivity contribution is 0.0853. The molecule has 6 nitrogen and oxygen atoms in total. The van der Waals surface area contributed by atoms with Crippen molar-refractivity contribution >= 4 is 5.91 Å². The van der Waals surface area contributed by atoms with Crippen molar-refractivity contribution in [3.63, 3.8) is 0 Å². The minimum Gasteiger partial charge on any atom is -0.390 e. The Bertz CT molecular complexity index is 876. The van der Waals surface area contributed by atoms with Gasteiger partial charge in [0.15, 0.2) is 0 Å². The third kappa shape index (κ3) is 2.57. The van der Waals surface area contributed by atoms with Gasteiger partial charge in [0, 0.05) is 25.0 Å². The molecule has 0 bridgehead atoms. The van der Waals surface area contributed by atoms with Gasteiger partial charge in [-0.3, -0.25) is 9.78 Å². The molecular weight excluding hydrogens is 304 g/mol. The molecule has 0 spiro atoms. The highest BCUT2D eigenvalue weighted by Crippen LogP contribution is 2.31. The molecule has 4 rings (SSSR count). The SMILES string of the molecule is O=C(N[C@H]1c2ccccc2C[C@H]1O)c1cc(-n2cccn2)ccn1. The zero-order valence-electron chi connectivity index (χ0n) is 12.8. The lowest BCUT2D eigenvalue weighted by Gasteiger charge is -2.17. The lowest BCUT2D eigenvalue weighted by Crippen LogP contribution is -2.34. The van der Waals surface area contributed by atoms with Crippen molar-refractivity contribution in [1.82, 2.24) is 20.1 Å². The van der Waals surface area contributed by atoms with Gasteiger partial charge in [-0.05, 0) is 29.3 Å². The second-order valence-corrected chi connectivity index (χ2v) is 5.77. The van der Waals surface area contributed by atoms with E-state index in [1.807, 2.05) is 30.3 Å². The molecule has 1 aliphatic carbocycles. The van der Waals surface area contributed by atoms with Gasteiger partial charge in [-0.1, -0.05) is 24.3 Å². The molecule has 2 atom stereocenters. The summed E-state index contributed by atoms with van der Waals surface area (Å²) in [6.07, 6.45) is 4.97. The van der Waals surface area contributed by atoms with E-state index in [1.54, 1.807) is 35.4 Å². The number of nitrogens with zero attached hydrogens (tertiary/aromatic N) is 3. The van der Waals surface area contributed by atoms with Gasteiger partial charge in [0.05, 0.1) is 17.8 Å². The van der Waals surface area contributed by atoms with Crippen LogP contribution in [0, 0.1) is 0 Å². The van der Waals surface area contributed by atoms with Crippen molar-refractivity contribution in [2.45, 2.75) is 18.6 Å². The Hall–Kier alpha value is -2.99. The molecule has 3 aromatic rings. The van der Waals surface area contributed by atoms with Crippen molar-refractivity contribution in [3.05, 3.63) is 77.9 Å². The largest absolute Gasteiger partial charge is 0.390 e. The normalized spacial score (nSPS) is 19.0. The van der Waals surface area contributed by atoms with Gasteiger partial charge < -0.3 is 10.4 Å². The second-order valence-electron chi connectivity index (χ2n) is 5.77. The number of rotatable bonds is 3. The van der Waals surface area contributed by atoms with Crippen LogP contribution in [0.5, 0.6) is 0 Å². The minimum atomic E-state index is -0.624. The Morgan fingerprint density at radius 2 is 2.08 bits per heavy atom. The number of aromatic nitrogens is 3. The maximum Gasteiger partial charge on any atom is 0.270 e. The van der Waals surface area contributed by atoms with Crippen LogP contribution in [0.4, 0.5) is 0 Å². The van der Waals surface area contributed by atoms with Gasteiger partial charge in [-0.25, -0.2) is 4.68 Å². The summed E-state index contributed by atoms with van der Waals surface area (Å²) in [5, 5.41) is 17.3. The molecule has 0 saturated carbocycles. The maximum atomic E-state index is 12.6. The average Bonchev–Trinajstić information content (AvgIpc) is 3.24. The molecule has 1 amide bonds. The van der Waals surface area contributed by atoms with E-state index < -0.39 is 12.1 Å². The Balaban J connectivity index is 1.58. The zero-order chi connectivity index (χ0) is 16.5. The number of carbonyl (C=O) groups is 1. The molecule has 24 heavy (non-hydrogen) atoms. The van der Waals surface area contributed by atoms with Crippen LogP contribution in [0.1, 0.15) is 27.7 Å². The van der Waals surface area contributed by atoms with E-state index in [4.69, 9.17) is 0 Å². The number of fused-ring (bicyclic) bond motifs is 1. The van der Waals surface area contributed by atoms with Crippen LogP contribution in [0.3, 0.4) is 0 Å². The van der Waals surface area contributed by atoms with E-state index in [9.17, 15) is 9.90 Å². The van der Waals surface area contributed by atoms with Gasteiger partial charge in [0.2, 0.25) is 0 Å². The van der Waals surface area contributed by atoms with E-state index in [0.29, 0.717) is 12.1 Å². The Labute approximate surface area is 138 Å². The predicted molar refractivity (Wildman–Crippen MR) is 87.7 cm³/mol. The number of carbonyl (C=O) groups excluding carboxylic acids is 1. The monoisotopic (exact) mass is 320 g/mol. The number of aliphatic hydroxyl groups excluding tert-OH is 1. The van der Waals surface area contributed by atoms with Crippen LogP contribution in [0.15, 0.2) is 61.1 Å². The van der Waals surface area contributed by atoms with Gasteiger partial charge in [-0.2, -0.15) is 5.10 Å². The molecule has 2 heterocycles. The van der Waals surface area contributed by atoms with Gasteiger partial charge in [0.1, 0.15) is 5.69 Å². The Morgan fingerprint density at radius 1 is 1.21 bits per heavy atom. The van der Waals surface area contributed by atoms with Crippen LogP contribution in [-0.4, -0.2) is 31.9 Å². The fourth-order valence-electron chi connectivity index (χ4n) is 3.07. The lowest BCUT2D eigenvalue weighted by atomic mass is 10.1. The average molecular weight is 320 g/mol. The number of amides is 1. The van der Waals surface area contributed by atoms with E-state index in [0.717, 1.165) is 16.8 Å². The van der Waals surface area contributed by atoms with Crippen LogP contribution < -0.4 is 5.32 Å².